The average Bonchev–Trinajstić information content (AvgIpc) is 3.16. The lowest BCUT2D eigenvalue weighted by atomic mass is 10.1. The van der Waals surface area contributed by atoms with Crippen molar-refractivity contribution in [3.63, 3.8) is 0 Å². The van der Waals surface area contributed by atoms with E-state index in [9.17, 15) is 17.6 Å². The van der Waals surface area contributed by atoms with Crippen LogP contribution in [0, 0.1) is 11.9 Å². The molecule has 1 heterocycles. The topological polar surface area (TPSA) is 78.3 Å². The molecule has 2 aromatic rings. The van der Waals surface area contributed by atoms with E-state index in [4.69, 9.17) is 4.74 Å². The second kappa shape index (κ2) is 8.03. The predicted molar refractivity (Wildman–Crippen MR) is 104 cm³/mol. The number of aromatic nitrogens is 2. The fraction of sp³-hybridized carbons (Fsp3) is 0.500. The number of carbonyl (C=O) groups is 1. The summed E-state index contributed by atoms with van der Waals surface area (Å²) in [5, 5.41) is 3.39. The first-order valence-electron chi connectivity index (χ1n) is 9.42. The van der Waals surface area contributed by atoms with Gasteiger partial charge in [-0.05, 0) is 56.2 Å². The zero-order valence-corrected chi connectivity index (χ0v) is 17.1. The summed E-state index contributed by atoms with van der Waals surface area (Å²) >= 11 is 0. The molecule has 0 fully saturated rings. The zero-order chi connectivity index (χ0) is 20.5. The largest absolute Gasteiger partial charge is 0.462 e. The predicted octanol–water partition coefficient (Wildman–Crippen LogP) is 2.79. The van der Waals surface area contributed by atoms with Crippen molar-refractivity contribution < 1.29 is 22.3 Å². The summed E-state index contributed by atoms with van der Waals surface area (Å²) in [6.45, 7) is 5.57. The monoisotopic (exact) mass is 408 g/mol. The minimum atomic E-state index is -3.07. The molecule has 6 nitrogen and oxygen atoms in total. The maximum atomic E-state index is 13.9. The van der Waals surface area contributed by atoms with Gasteiger partial charge in [-0.3, -0.25) is 4.68 Å². The van der Waals surface area contributed by atoms with Crippen LogP contribution >= 0.6 is 0 Å². The number of rotatable bonds is 7. The van der Waals surface area contributed by atoms with Crippen molar-refractivity contribution in [3.8, 4) is 0 Å². The smallest absolute Gasteiger partial charge is 0.344 e. The van der Waals surface area contributed by atoms with Gasteiger partial charge < -0.3 is 4.74 Å². The fourth-order valence-corrected chi connectivity index (χ4v) is 4.79. The van der Waals surface area contributed by atoms with Gasteiger partial charge in [0.2, 0.25) is 5.95 Å². The van der Waals surface area contributed by atoms with Crippen molar-refractivity contribution in [2.75, 3.05) is 12.4 Å². The number of esters is 1. The molecule has 1 aromatic heterocycles. The molecule has 0 saturated heterocycles. The molecule has 1 aromatic carbocycles. The molecule has 1 atom stereocenters. The fourth-order valence-electron chi connectivity index (χ4n) is 3.51. The number of ether oxygens (including phenoxy) is 1. The van der Waals surface area contributed by atoms with Crippen LogP contribution in [0.5, 0.6) is 0 Å². The van der Waals surface area contributed by atoms with Gasteiger partial charge in [0.25, 0.3) is 0 Å². The van der Waals surface area contributed by atoms with Gasteiger partial charge in [0.05, 0.1) is 24.2 Å². The summed E-state index contributed by atoms with van der Waals surface area (Å²) < 4.78 is 44.5. The van der Waals surface area contributed by atoms with Gasteiger partial charge in [0.15, 0.2) is 9.84 Å². The lowest BCUT2D eigenvalue weighted by molar-refractivity contribution is 0.0521. The Kier molecular flexibility index (Phi) is 5.88. The molecule has 0 N–H and O–H groups in total. The van der Waals surface area contributed by atoms with E-state index in [1.807, 2.05) is 18.2 Å². The maximum Gasteiger partial charge on any atom is 0.344 e. The molecule has 0 saturated carbocycles. The second-order valence-corrected chi connectivity index (χ2v) is 10.1. The molecule has 0 radical (unpaired) electrons. The van der Waals surface area contributed by atoms with Gasteiger partial charge >= 0.3 is 5.97 Å². The first kappa shape index (κ1) is 20.5. The van der Waals surface area contributed by atoms with Gasteiger partial charge in [0, 0.05) is 6.20 Å². The highest BCUT2D eigenvalue weighted by atomic mass is 32.2. The van der Waals surface area contributed by atoms with Crippen LogP contribution in [0.2, 0.25) is 0 Å². The molecule has 0 bridgehead atoms. The standard InChI is InChI=1S/C20H25FN2O4S/c1-4-27-20(24)18-11-23(22-19(18)21)10-14-5-6-16-8-15(9-17(16)7-14)12-28(25,26)13(2)3/h5-7,11,13,15H,4,8-10,12H2,1-3H3/t15-/m0/s1. The summed E-state index contributed by atoms with van der Waals surface area (Å²) in [6.07, 6.45) is 2.82. The third-order valence-corrected chi connectivity index (χ3v) is 7.40. The second-order valence-electron chi connectivity index (χ2n) is 7.51. The number of benzene rings is 1. The molecular formula is C20H25FN2O4S. The minimum absolute atomic E-state index is 0.0928. The van der Waals surface area contributed by atoms with Crippen molar-refractivity contribution in [1.29, 1.82) is 0 Å². The van der Waals surface area contributed by atoms with E-state index in [1.54, 1.807) is 20.8 Å². The highest BCUT2D eigenvalue weighted by molar-refractivity contribution is 7.91. The Balaban J connectivity index is 1.71. The summed E-state index contributed by atoms with van der Waals surface area (Å²) in [5.41, 5.74) is 3.03. The van der Waals surface area contributed by atoms with Gasteiger partial charge in [-0.25, -0.2) is 13.2 Å². The SMILES string of the molecule is CCOC(=O)c1cn(Cc2ccc3c(c2)C[C@@H](CS(=O)(=O)C(C)C)C3)nc1F. The Hall–Kier alpha value is -2.22. The van der Waals surface area contributed by atoms with Crippen LogP contribution in [0.15, 0.2) is 24.4 Å². The maximum absolute atomic E-state index is 13.9. The Labute approximate surface area is 164 Å². The highest BCUT2D eigenvalue weighted by Crippen LogP contribution is 2.29. The number of nitrogens with zero attached hydrogens (tertiary/aromatic N) is 2. The molecule has 28 heavy (non-hydrogen) atoms. The van der Waals surface area contributed by atoms with Crippen molar-refractivity contribution in [1.82, 2.24) is 9.78 Å². The van der Waals surface area contributed by atoms with Crippen molar-refractivity contribution in [3.05, 3.63) is 52.6 Å². The van der Waals surface area contributed by atoms with Crippen molar-refractivity contribution >= 4 is 15.8 Å². The van der Waals surface area contributed by atoms with E-state index in [-0.39, 0.29) is 29.1 Å². The lowest BCUT2D eigenvalue weighted by Gasteiger charge is -2.12. The summed E-state index contributed by atoms with van der Waals surface area (Å²) in [6, 6.07) is 5.95. The first-order chi connectivity index (χ1) is 13.2. The Morgan fingerprint density at radius 2 is 2.04 bits per heavy atom. The average molecular weight is 408 g/mol. The molecule has 0 amide bonds. The Morgan fingerprint density at radius 3 is 2.71 bits per heavy atom. The quantitative estimate of drug-likeness (QED) is 0.659. The molecule has 152 valence electrons. The van der Waals surface area contributed by atoms with Crippen LogP contribution in [0.4, 0.5) is 4.39 Å². The molecule has 0 spiro atoms. The summed E-state index contributed by atoms with van der Waals surface area (Å²) in [7, 11) is -3.07. The van der Waals surface area contributed by atoms with E-state index in [0.717, 1.165) is 29.5 Å². The number of hydrogen-bond donors (Lipinski definition) is 0. The molecule has 3 rings (SSSR count). The molecular weight excluding hydrogens is 383 g/mol. The van der Waals surface area contributed by atoms with Crippen LogP contribution in [-0.4, -0.2) is 41.8 Å². The van der Waals surface area contributed by atoms with Crippen LogP contribution in [0.1, 0.15) is 47.8 Å². The summed E-state index contributed by atoms with van der Waals surface area (Å²) in [5.74, 6) is -1.29. The zero-order valence-electron chi connectivity index (χ0n) is 16.3. The number of halogens is 1. The summed E-state index contributed by atoms with van der Waals surface area (Å²) in [4.78, 5) is 11.7. The molecule has 8 heteroatoms. The van der Waals surface area contributed by atoms with Gasteiger partial charge in [0.1, 0.15) is 5.56 Å². The number of sulfone groups is 1. The van der Waals surface area contributed by atoms with Gasteiger partial charge in [-0.2, -0.15) is 4.39 Å². The third-order valence-electron chi connectivity index (χ3n) is 5.03. The highest BCUT2D eigenvalue weighted by Gasteiger charge is 2.28. The van der Waals surface area contributed by atoms with Crippen LogP contribution < -0.4 is 0 Å². The van der Waals surface area contributed by atoms with Gasteiger partial charge in [-0.1, -0.05) is 18.2 Å². The number of carbonyl (C=O) groups excluding carboxylic acids is 1. The molecule has 1 aliphatic carbocycles. The number of fused-ring (bicyclic) bond motifs is 1. The molecule has 1 aliphatic rings. The van der Waals surface area contributed by atoms with Crippen LogP contribution in [0.25, 0.3) is 0 Å². The first-order valence-corrected chi connectivity index (χ1v) is 11.1. The van der Waals surface area contributed by atoms with Crippen LogP contribution in [-0.2, 0) is 34.0 Å². The molecule has 0 aliphatic heterocycles. The Morgan fingerprint density at radius 1 is 1.32 bits per heavy atom. The van der Waals surface area contributed by atoms with E-state index in [0.29, 0.717) is 6.54 Å². The normalized spacial score (nSPS) is 16.4. The van der Waals surface area contributed by atoms with Crippen molar-refractivity contribution in [2.45, 2.75) is 45.4 Å². The van der Waals surface area contributed by atoms with Crippen LogP contribution in [0.3, 0.4) is 0 Å². The molecule has 0 unspecified atom stereocenters. The van der Waals surface area contributed by atoms with E-state index >= 15 is 0 Å². The Bertz CT molecular complexity index is 982. The lowest BCUT2D eigenvalue weighted by Crippen LogP contribution is -2.23. The minimum Gasteiger partial charge on any atom is -0.462 e. The van der Waals surface area contributed by atoms with E-state index < -0.39 is 21.8 Å². The van der Waals surface area contributed by atoms with Gasteiger partial charge in [-0.15, -0.1) is 5.10 Å². The number of hydrogen-bond acceptors (Lipinski definition) is 5. The third kappa shape index (κ3) is 4.43. The van der Waals surface area contributed by atoms with E-state index in [2.05, 4.69) is 5.10 Å². The van der Waals surface area contributed by atoms with E-state index in [1.165, 1.54) is 10.9 Å². The van der Waals surface area contributed by atoms with Crippen molar-refractivity contribution in [2.24, 2.45) is 5.92 Å².